The summed E-state index contributed by atoms with van der Waals surface area (Å²) in [5.41, 5.74) is 3.45. The smallest absolute Gasteiger partial charge is 0.259 e. The molecule has 0 aliphatic heterocycles. The summed E-state index contributed by atoms with van der Waals surface area (Å²) in [6.07, 6.45) is 1.55. The Morgan fingerprint density at radius 2 is 1.96 bits per heavy atom. The Morgan fingerprint density at radius 3 is 2.85 bits per heavy atom. The van der Waals surface area contributed by atoms with Crippen molar-refractivity contribution in [2.24, 2.45) is 0 Å². The summed E-state index contributed by atoms with van der Waals surface area (Å²) >= 11 is 0. The average Bonchev–Trinajstić information content (AvgIpc) is 3.16. The second kappa shape index (κ2) is 6.64. The lowest BCUT2D eigenvalue weighted by Gasteiger charge is -2.10. The molecule has 2 aromatic heterocycles. The van der Waals surface area contributed by atoms with Crippen molar-refractivity contribution < 1.29 is 9.53 Å². The van der Waals surface area contributed by atoms with Gasteiger partial charge in [-0.3, -0.25) is 4.79 Å². The second-order valence-electron chi connectivity index (χ2n) is 5.59. The van der Waals surface area contributed by atoms with E-state index in [0.717, 1.165) is 11.3 Å². The number of ether oxygens (including phenoxy) is 1. The number of hydrogen-bond donors (Lipinski definition) is 1. The van der Waals surface area contributed by atoms with Gasteiger partial charge in [-0.25, -0.2) is 0 Å². The van der Waals surface area contributed by atoms with E-state index >= 15 is 0 Å². The molecule has 1 amide bonds. The molecule has 7 heteroatoms. The number of para-hydroxylation sites is 1. The van der Waals surface area contributed by atoms with Crippen molar-refractivity contribution in [3.05, 3.63) is 72.6 Å². The quantitative estimate of drug-likeness (QED) is 0.615. The standard InChI is InChI=1S/C19H15N5O2/c1-26-17-8-3-2-7-15(17)19(25)21-14-6-4-5-13(11-14)16-9-10-18-22-20-12-24(18)23-16/h2-12H,1H3,(H,21,25). The summed E-state index contributed by atoms with van der Waals surface area (Å²) in [6, 6.07) is 18.3. The summed E-state index contributed by atoms with van der Waals surface area (Å²) in [5, 5.41) is 15.1. The highest BCUT2D eigenvalue weighted by atomic mass is 16.5. The molecule has 0 aliphatic carbocycles. The molecule has 26 heavy (non-hydrogen) atoms. The lowest BCUT2D eigenvalue weighted by Crippen LogP contribution is -2.13. The monoisotopic (exact) mass is 345 g/mol. The highest BCUT2D eigenvalue weighted by molar-refractivity contribution is 6.06. The zero-order chi connectivity index (χ0) is 17.9. The van der Waals surface area contributed by atoms with Crippen molar-refractivity contribution in [3.63, 3.8) is 0 Å². The summed E-state index contributed by atoms with van der Waals surface area (Å²) in [4.78, 5) is 12.6. The molecule has 0 spiro atoms. The maximum Gasteiger partial charge on any atom is 0.259 e. The molecule has 2 aromatic carbocycles. The Morgan fingerprint density at radius 1 is 1.08 bits per heavy atom. The van der Waals surface area contributed by atoms with Crippen molar-refractivity contribution in [1.29, 1.82) is 0 Å². The van der Waals surface area contributed by atoms with E-state index in [4.69, 9.17) is 4.74 Å². The van der Waals surface area contributed by atoms with Crippen LogP contribution in [0.1, 0.15) is 10.4 Å². The van der Waals surface area contributed by atoms with E-state index in [1.54, 1.807) is 36.2 Å². The second-order valence-corrected chi connectivity index (χ2v) is 5.59. The first-order valence-electron chi connectivity index (χ1n) is 7.96. The third-order valence-corrected chi connectivity index (χ3v) is 3.93. The molecule has 4 aromatic rings. The fourth-order valence-corrected chi connectivity index (χ4v) is 2.67. The summed E-state index contributed by atoms with van der Waals surface area (Å²) < 4.78 is 6.85. The maximum atomic E-state index is 12.6. The molecule has 2 heterocycles. The maximum absolute atomic E-state index is 12.6. The minimum Gasteiger partial charge on any atom is -0.496 e. The van der Waals surface area contributed by atoms with Gasteiger partial charge in [0.05, 0.1) is 18.4 Å². The van der Waals surface area contributed by atoms with Gasteiger partial charge in [0.2, 0.25) is 0 Å². The number of anilines is 1. The van der Waals surface area contributed by atoms with Gasteiger partial charge in [-0.15, -0.1) is 10.2 Å². The highest BCUT2D eigenvalue weighted by Gasteiger charge is 2.12. The van der Waals surface area contributed by atoms with E-state index in [0.29, 0.717) is 22.6 Å². The van der Waals surface area contributed by atoms with Crippen LogP contribution in [-0.2, 0) is 0 Å². The van der Waals surface area contributed by atoms with Crippen molar-refractivity contribution in [1.82, 2.24) is 19.8 Å². The van der Waals surface area contributed by atoms with E-state index in [1.807, 2.05) is 42.5 Å². The molecule has 1 N–H and O–H groups in total. The number of methoxy groups -OCH3 is 1. The summed E-state index contributed by atoms with van der Waals surface area (Å²) in [7, 11) is 1.54. The minimum absolute atomic E-state index is 0.234. The summed E-state index contributed by atoms with van der Waals surface area (Å²) in [5.74, 6) is 0.294. The predicted molar refractivity (Wildman–Crippen MR) is 97.2 cm³/mol. The van der Waals surface area contributed by atoms with E-state index < -0.39 is 0 Å². The zero-order valence-corrected chi connectivity index (χ0v) is 14.0. The van der Waals surface area contributed by atoms with E-state index in [9.17, 15) is 4.79 Å². The fraction of sp³-hybridized carbons (Fsp3) is 0.0526. The first kappa shape index (κ1) is 15.8. The molecule has 0 atom stereocenters. The van der Waals surface area contributed by atoms with E-state index in [2.05, 4.69) is 20.6 Å². The molecule has 0 unspecified atom stereocenters. The number of nitrogens with zero attached hydrogens (tertiary/aromatic N) is 4. The lowest BCUT2D eigenvalue weighted by atomic mass is 10.1. The van der Waals surface area contributed by atoms with Crippen LogP contribution in [-0.4, -0.2) is 32.8 Å². The van der Waals surface area contributed by atoms with Crippen molar-refractivity contribution in [3.8, 4) is 17.0 Å². The fourth-order valence-electron chi connectivity index (χ4n) is 2.67. The number of rotatable bonds is 4. The van der Waals surface area contributed by atoms with Crippen molar-refractivity contribution in [2.75, 3.05) is 12.4 Å². The number of benzene rings is 2. The van der Waals surface area contributed by atoms with E-state index in [-0.39, 0.29) is 5.91 Å². The van der Waals surface area contributed by atoms with Crippen LogP contribution in [0.4, 0.5) is 5.69 Å². The SMILES string of the molecule is COc1ccccc1C(=O)Nc1cccc(-c2ccc3nncn3n2)c1. The Hall–Kier alpha value is -3.74. The Labute approximate surface area is 149 Å². The first-order chi connectivity index (χ1) is 12.7. The molecular weight excluding hydrogens is 330 g/mol. The third-order valence-electron chi connectivity index (χ3n) is 3.93. The largest absolute Gasteiger partial charge is 0.496 e. The Balaban J connectivity index is 1.62. The molecular formula is C19H15N5O2. The van der Waals surface area contributed by atoms with Crippen LogP contribution in [0.25, 0.3) is 16.9 Å². The number of carbonyl (C=O) groups excluding carboxylic acids is 1. The normalized spacial score (nSPS) is 10.7. The Bertz CT molecular complexity index is 1090. The van der Waals surface area contributed by atoms with Gasteiger partial charge in [-0.05, 0) is 36.4 Å². The number of carbonyl (C=O) groups is 1. The van der Waals surface area contributed by atoms with Crippen molar-refractivity contribution >= 4 is 17.2 Å². The van der Waals surface area contributed by atoms with Gasteiger partial charge < -0.3 is 10.1 Å². The molecule has 0 saturated carbocycles. The molecule has 0 bridgehead atoms. The van der Waals surface area contributed by atoms with Gasteiger partial charge in [-0.2, -0.15) is 9.61 Å². The number of amides is 1. The van der Waals surface area contributed by atoms with Crippen LogP contribution in [0.5, 0.6) is 5.75 Å². The van der Waals surface area contributed by atoms with Crippen LogP contribution < -0.4 is 10.1 Å². The van der Waals surface area contributed by atoms with Gasteiger partial charge in [0.25, 0.3) is 5.91 Å². The predicted octanol–water partition coefficient (Wildman–Crippen LogP) is 3.05. The van der Waals surface area contributed by atoms with Gasteiger partial charge in [0.15, 0.2) is 5.65 Å². The average molecular weight is 345 g/mol. The highest BCUT2D eigenvalue weighted by Crippen LogP contribution is 2.23. The minimum atomic E-state index is -0.234. The first-order valence-corrected chi connectivity index (χ1v) is 7.96. The van der Waals surface area contributed by atoms with Crippen molar-refractivity contribution in [2.45, 2.75) is 0 Å². The van der Waals surface area contributed by atoms with E-state index in [1.165, 1.54) is 0 Å². The van der Waals surface area contributed by atoms with Crippen LogP contribution in [0.3, 0.4) is 0 Å². The van der Waals surface area contributed by atoms with Gasteiger partial charge in [0, 0.05) is 11.3 Å². The molecule has 0 saturated heterocycles. The summed E-state index contributed by atoms with van der Waals surface area (Å²) in [6.45, 7) is 0. The number of hydrogen-bond acceptors (Lipinski definition) is 5. The molecule has 4 rings (SSSR count). The van der Waals surface area contributed by atoms with Crippen LogP contribution in [0.15, 0.2) is 67.0 Å². The Kier molecular flexibility index (Phi) is 4.03. The lowest BCUT2D eigenvalue weighted by molar-refractivity contribution is 0.102. The molecule has 0 radical (unpaired) electrons. The van der Waals surface area contributed by atoms with Gasteiger partial charge in [0.1, 0.15) is 12.1 Å². The molecule has 0 fully saturated rings. The zero-order valence-electron chi connectivity index (χ0n) is 14.0. The number of nitrogens with one attached hydrogen (secondary N) is 1. The number of aromatic nitrogens is 4. The van der Waals surface area contributed by atoms with Crippen LogP contribution >= 0.6 is 0 Å². The molecule has 128 valence electrons. The third kappa shape index (κ3) is 2.98. The number of fused-ring (bicyclic) bond motifs is 1. The molecule has 7 nitrogen and oxygen atoms in total. The van der Waals surface area contributed by atoms with Gasteiger partial charge >= 0.3 is 0 Å². The van der Waals surface area contributed by atoms with Crippen LogP contribution in [0, 0.1) is 0 Å². The topological polar surface area (TPSA) is 81.4 Å². The van der Waals surface area contributed by atoms with Crippen LogP contribution in [0.2, 0.25) is 0 Å². The van der Waals surface area contributed by atoms with Gasteiger partial charge in [-0.1, -0.05) is 24.3 Å². The molecule has 0 aliphatic rings.